The first-order valence-electron chi connectivity index (χ1n) is 8.33. The SMILES string of the molecule is CCN(c1cccc(C)c1)c1ccnc(N2CCN(C=O)CC2)n1. The van der Waals surface area contributed by atoms with Gasteiger partial charge in [0, 0.05) is 44.6 Å². The van der Waals surface area contributed by atoms with Crippen LogP contribution in [0, 0.1) is 6.92 Å². The molecule has 6 heteroatoms. The number of anilines is 3. The smallest absolute Gasteiger partial charge is 0.227 e. The molecule has 2 aromatic rings. The molecule has 1 aliphatic heterocycles. The van der Waals surface area contributed by atoms with E-state index in [4.69, 9.17) is 4.98 Å². The number of benzene rings is 1. The standard InChI is InChI=1S/C18H23N5O/c1-3-23(16-6-4-5-15(2)13-16)17-7-8-19-18(20-17)22-11-9-21(14-24)10-12-22/h4-8,13-14H,3,9-12H2,1-2H3. The summed E-state index contributed by atoms with van der Waals surface area (Å²) in [5.74, 6) is 1.62. The zero-order chi connectivity index (χ0) is 16.9. The van der Waals surface area contributed by atoms with E-state index in [0.29, 0.717) is 13.1 Å². The minimum absolute atomic E-state index is 0.715. The first-order valence-corrected chi connectivity index (χ1v) is 8.33. The van der Waals surface area contributed by atoms with Crippen LogP contribution in [0.4, 0.5) is 17.5 Å². The van der Waals surface area contributed by atoms with Crippen molar-refractivity contribution in [1.82, 2.24) is 14.9 Å². The van der Waals surface area contributed by atoms with Gasteiger partial charge in [-0.1, -0.05) is 12.1 Å². The molecule has 1 fully saturated rings. The zero-order valence-corrected chi connectivity index (χ0v) is 14.2. The number of aromatic nitrogens is 2. The van der Waals surface area contributed by atoms with Gasteiger partial charge >= 0.3 is 0 Å². The third-order valence-electron chi connectivity index (χ3n) is 4.28. The van der Waals surface area contributed by atoms with Crippen molar-refractivity contribution in [3.8, 4) is 0 Å². The number of hydrogen-bond donors (Lipinski definition) is 0. The van der Waals surface area contributed by atoms with Crippen molar-refractivity contribution in [3.05, 3.63) is 42.1 Å². The summed E-state index contributed by atoms with van der Waals surface area (Å²) in [6, 6.07) is 10.4. The molecule has 0 bridgehead atoms. The normalized spacial score (nSPS) is 14.6. The summed E-state index contributed by atoms with van der Waals surface area (Å²) in [6.45, 7) is 8.00. The molecule has 0 atom stereocenters. The molecule has 1 amide bonds. The second kappa shape index (κ2) is 7.29. The predicted octanol–water partition coefficient (Wildman–Crippen LogP) is 2.22. The number of carbonyl (C=O) groups excluding carboxylic acids is 1. The Balaban J connectivity index is 1.82. The van der Waals surface area contributed by atoms with Crippen molar-refractivity contribution < 1.29 is 4.79 Å². The Morgan fingerprint density at radius 1 is 1.21 bits per heavy atom. The monoisotopic (exact) mass is 325 g/mol. The lowest BCUT2D eigenvalue weighted by Crippen LogP contribution is -2.46. The summed E-state index contributed by atoms with van der Waals surface area (Å²) in [5.41, 5.74) is 2.36. The highest BCUT2D eigenvalue weighted by atomic mass is 16.1. The van der Waals surface area contributed by atoms with Gasteiger partial charge in [0.25, 0.3) is 0 Å². The molecule has 0 radical (unpaired) electrons. The van der Waals surface area contributed by atoms with Gasteiger partial charge in [0.1, 0.15) is 5.82 Å². The van der Waals surface area contributed by atoms with Crippen LogP contribution in [-0.4, -0.2) is 54.0 Å². The molecule has 1 aromatic heterocycles. The van der Waals surface area contributed by atoms with Crippen LogP contribution in [0.3, 0.4) is 0 Å². The van der Waals surface area contributed by atoms with E-state index in [2.05, 4.69) is 52.9 Å². The lowest BCUT2D eigenvalue weighted by molar-refractivity contribution is -0.118. The van der Waals surface area contributed by atoms with E-state index < -0.39 is 0 Å². The Bertz CT molecular complexity index is 697. The molecule has 6 nitrogen and oxygen atoms in total. The Hall–Kier alpha value is -2.63. The second-order valence-electron chi connectivity index (χ2n) is 5.93. The molecule has 1 saturated heterocycles. The van der Waals surface area contributed by atoms with E-state index in [-0.39, 0.29) is 0 Å². The van der Waals surface area contributed by atoms with Crippen LogP contribution in [0.15, 0.2) is 36.5 Å². The molecule has 24 heavy (non-hydrogen) atoms. The Morgan fingerprint density at radius 2 is 2.00 bits per heavy atom. The fraction of sp³-hybridized carbons (Fsp3) is 0.389. The van der Waals surface area contributed by atoms with E-state index in [9.17, 15) is 4.79 Å². The fourth-order valence-corrected chi connectivity index (χ4v) is 2.94. The van der Waals surface area contributed by atoms with Crippen molar-refractivity contribution in [1.29, 1.82) is 0 Å². The number of aryl methyl sites for hydroxylation is 1. The van der Waals surface area contributed by atoms with E-state index in [1.807, 2.05) is 12.3 Å². The third kappa shape index (κ3) is 3.48. The first-order chi connectivity index (χ1) is 11.7. The Morgan fingerprint density at radius 3 is 2.67 bits per heavy atom. The number of carbonyl (C=O) groups is 1. The fourth-order valence-electron chi connectivity index (χ4n) is 2.94. The molecular formula is C18H23N5O. The molecule has 1 aliphatic rings. The lowest BCUT2D eigenvalue weighted by atomic mass is 10.2. The minimum Gasteiger partial charge on any atom is -0.342 e. The molecule has 0 saturated carbocycles. The van der Waals surface area contributed by atoms with Crippen LogP contribution in [0.2, 0.25) is 0 Å². The van der Waals surface area contributed by atoms with Gasteiger partial charge in [-0.2, -0.15) is 4.98 Å². The Kier molecular flexibility index (Phi) is 4.93. The average Bonchev–Trinajstić information content (AvgIpc) is 2.63. The highest BCUT2D eigenvalue weighted by Gasteiger charge is 2.19. The highest BCUT2D eigenvalue weighted by Crippen LogP contribution is 2.25. The highest BCUT2D eigenvalue weighted by molar-refractivity contribution is 5.61. The van der Waals surface area contributed by atoms with Gasteiger partial charge in [-0.25, -0.2) is 4.98 Å². The van der Waals surface area contributed by atoms with Gasteiger partial charge in [-0.3, -0.25) is 4.79 Å². The molecular weight excluding hydrogens is 302 g/mol. The maximum atomic E-state index is 10.8. The van der Waals surface area contributed by atoms with Crippen LogP contribution >= 0.6 is 0 Å². The molecule has 3 rings (SSSR count). The van der Waals surface area contributed by atoms with Crippen molar-refractivity contribution in [2.24, 2.45) is 0 Å². The summed E-state index contributed by atoms with van der Waals surface area (Å²) >= 11 is 0. The molecule has 0 spiro atoms. The van der Waals surface area contributed by atoms with Gasteiger partial charge in [0.2, 0.25) is 12.4 Å². The van der Waals surface area contributed by atoms with Crippen LogP contribution in [0.25, 0.3) is 0 Å². The third-order valence-corrected chi connectivity index (χ3v) is 4.28. The maximum absolute atomic E-state index is 10.8. The average molecular weight is 325 g/mol. The summed E-state index contributed by atoms with van der Waals surface area (Å²) in [7, 11) is 0. The first kappa shape index (κ1) is 16.2. The van der Waals surface area contributed by atoms with E-state index in [0.717, 1.165) is 43.5 Å². The van der Waals surface area contributed by atoms with Gasteiger partial charge in [-0.15, -0.1) is 0 Å². The van der Waals surface area contributed by atoms with Gasteiger partial charge in [0.15, 0.2) is 0 Å². The molecule has 2 heterocycles. The molecule has 126 valence electrons. The predicted molar refractivity (Wildman–Crippen MR) is 95.7 cm³/mol. The summed E-state index contributed by atoms with van der Waals surface area (Å²) in [5, 5.41) is 0. The van der Waals surface area contributed by atoms with Gasteiger partial charge < -0.3 is 14.7 Å². The number of rotatable bonds is 5. The minimum atomic E-state index is 0.715. The van der Waals surface area contributed by atoms with Crippen molar-refractivity contribution in [3.63, 3.8) is 0 Å². The van der Waals surface area contributed by atoms with Crippen molar-refractivity contribution in [2.45, 2.75) is 13.8 Å². The molecule has 0 unspecified atom stereocenters. The molecule has 0 N–H and O–H groups in total. The Labute approximate surface area is 142 Å². The summed E-state index contributed by atoms with van der Waals surface area (Å²) in [4.78, 5) is 26.1. The second-order valence-corrected chi connectivity index (χ2v) is 5.93. The summed E-state index contributed by atoms with van der Waals surface area (Å²) in [6.07, 6.45) is 2.72. The van der Waals surface area contributed by atoms with Crippen LogP contribution in [0.1, 0.15) is 12.5 Å². The molecule has 0 aliphatic carbocycles. The van der Waals surface area contributed by atoms with Gasteiger partial charge in [0.05, 0.1) is 0 Å². The van der Waals surface area contributed by atoms with Crippen molar-refractivity contribution >= 4 is 23.9 Å². The number of nitrogens with zero attached hydrogens (tertiary/aromatic N) is 5. The maximum Gasteiger partial charge on any atom is 0.227 e. The molecule has 1 aromatic carbocycles. The van der Waals surface area contributed by atoms with E-state index >= 15 is 0 Å². The zero-order valence-electron chi connectivity index (χ0n) is 14.2. The van der Waals surface area contributed by atoms with Crippen molar-refractivity contribution in [2.75, 3.05) is 42.5 Å². The largest absolute Gasteiger partial charge is 0.342 e. The van der Waals surface area contributed by atoms with Crippen LogP contribution < -0.4 is 9.80 Å². The lowest BCUT2D eigenvalue weighted by Gasteiger charge is -2.33. The quantitative estimate of drug-likeness (QED) is 0.789. The number of piperazine rings is 1. The van der Waals surface area contributed by atoms with Gasteiger partial charge in [-0.05, 0) is 37.6 Å². The topological polar surface area (TPSA) is 52.6 Å². The van der Waals surface area contributed by atoms with Crippen LogP contribution in [0.5, 0.6) is 0 Å². The number of amides is 1. The van der Waals surface area contributed by atoms with Crippen LogP contribution in [-0.2, 0) is 4.79 Å². The summed E-state index contributed by atoms with van der Waals surface area (Å²) < 4.78 is 0. The van der Waals surface area contributed by atoms with E-state index in [1.165, 1.54) is 5.56 Å². The van der Waals surface area contributed by atoms with E-state index in [1.54, 1.807) is 4.90 Å². The number of hydrogen-bond acceptors (Lipinski definition) is 5.